The van der Waals surface area contributed by atoms with E-state index in [1.54, 1.807) is 12.4 Å². The Morgan fingerprint density at radius 3 is 2.75 bits per heavy atom. The Labute approximate surface area is 124 Å². The molecule has 2 N–H and O–H groups in total. The zero-order valence-corrected chi connectivity index (χ0v) is 12.3. The highest BCUT2D eigenvalue weighted by Crippen LogP contribution is 2.20. The molecule has 100 valence electrons. The molecule has 3 rings (SSSR count). The summed E-state index contributed by atoms with van der Waals surface area (Å²) in [7, 11) is 1.83. The monoisotopic (exact) mass is 329 g/mol. The third-order valence-electron chi connectivity index (χ3n) is 2.80. The fourth-order valence-electron chi connectivity index (χ4n) is 1.82. The number of pyridine rings is 1. The molecular formula is C14H12BrN5. The van der Waals surface area contributed by atoms with Crippen molar-refractivity contribution in [2.75, 3.05) is 17.7 Å². The Kier molecular flexibility index (Phi) is 3.47. The van der Waals surface area contributed by atoms with Crippen LogP contribution in [0.3, 0.4) is 0 Å². The average molecular weight is 330 g/mol. The minimum Gasteiger partial charge on any atom is -0.373 e. The van der Waals surface area contributed by atoms with E-state index in [1.165, 1.54) is 0 Å². The van der Waals surface area contributed by atoms with Crippen LogP contribution in [0.4, 0.5) is 17.5 Å². The summed E-state index contributed by atoms with van der Waals surface area (Å²) < 4.78 is 1.00. The molecule has 0 fully saturated rings. The molecular weight excluding hydrogens is 318 g/mol. The van der Waals surface area contributed by atoms with Gasteiger partial charge in [-0.05, 0) is 18.2 Å². The topological polar surface area (TPSA) is 62.7 Å². The number of aromatic nitrogens is 3. The van der Waals surface area contributed by atoms with Crippen molar-refractivity contribution in [3.05, 3.63) is 47.2 Å². The number of nitrogens with one attached hydrogen (secondary N) is 2. The van der Waals surface area contributed by atoms with E-state index >= 15 is 0 Å². The van der Waals surface area contributed by atoms with Gasteiger partial charge in [-0.15, -0.1) is 0 Å². The summed E-state index contributed by atoms with van der Waals surface area (Å²) in [6.07, 6.45) is 3.51. The van der Waals surface area contributed by atoms with Gasteiger partial charge >= 0.3 is 0 Å². The van der Waals surface area contributed by atoms with Crippen LogP contribution in [0.25, 0.3) is 10.9 Å². The van der Waals surface area contributed by atoms with Gasteiger partial charge in [0.05, 0.1) is 5.52 Å². The summed E-state index contributed by atoms with van der Waals surface area (Å²) in [6.45, 7) is 0. The summed E-state index contributed by atoms with van der Waals surface area (Å²) in [5.41, 5.74) is 1.78. The highest BCUT2D eigenvalue weighted by molar-refractivity contribution is 9.10. The van der Waals surface area contributed by atoms with Crippen molar-refractivity contribution in [2.24, 2.45) is 0 Å². The van der Waals surface area contributed by atoms with E-state index in [-0.39, 0.29) is 0 Å². The van der Waals surface area contributed by atoms with Crippen LogP contribution in [0.1, 0.15) is 0 Å². The SMILES string of the molecule is CNc1cc2nc(Nc3cccc(Br)c3)ncc2cn1. The Morgan fingerprint density at radius 2 is 1.95 bits per heavy atom. The maximum atomic E-state index is 4.49. The summed E-state index contributed by atoms with van der Waals surface area (Å²) in [5.74, 6) is 1.34. The fourth-order valence-corrected chi connectivity index (χ4v) is 2.22. The summed E-state index contributed by atoms with van der Waals surface area (Å²) in [4.78, 5) is 13.0. The Bertz CT molecular complexity index is 759. The van der Waals surface area contributed by atoms with Crippen molar-refractivity contribution in [3.8, 4) is 0 Å². The second-order valence-corrected chi connectivity index (χ2v) is 5.12. The molecule has 2 aromatic heterocycles. The first-order valence-corrected chi connectivity index (χ1v) is 6.87. The lowest BCUT2D eigenvalue weighted by molar-refractivity contribution is 1.20. The second-order valence-electron chi connectivity index (χ2n) is 4.21. The molecule has 0 unspecified atom stereocenters. The van der Waals surface area contributed by atoms with Crippen LogP contribution in [0.5, 0.6) is 0 Å². The molecule has 2 heterocycles. The van der Waals surface area contributed by atoms with E-state index in [9.17, 15) is 0 Å². The van der Waals surface area contributed by atoms with Crippen LogP contribution in [0.15, 0.2) is 47.2 Å². The van der Waals surface area contributed by atoms with E-state index < -0.39 is 0 Å². The van der Waals surface area contributed by atoms with Gasteiger partial charge in [0.2, 0.25) is 5.95 Å². The van der Waals surface area contributed by atoms with Gasteiger partial charge in [0.15, 0.2) is 0 Å². The van der Waals surface area contributed by atoms with Gasteiger partial charge in [-0.1, -0.05) is 22.0 Å². The predicted molar refractivity (Wildman–Crippen MR) is 84.3 cm³/mol. The van der Waals surface area contributed by atoms with Crippen molar-refractivity contribution in [3.63, 3.8) is 0 Å². The first-order chi connectivity index (χ1) is 9.74. The minimum atomic E-state index is 0.559. The van der Waals surface area contributed by atoms with E-state index in [4.69, 9.17) is 0 Å². The van der Waals surface area contributed by atoms with Gasteiger partial charge in [-0.25, -0.2) is 15.0 Å². The van der Waals surface area contributed by atoms with Crippen LogP contribution < -0.4 is 10.6 Å². The number of fused-ring (bicyclic) bond motifs is 1. The molecule has 5 nitrogen and oxygen atoms in total. The van der Waals surface area contributed by atoms with E-state index in [0.29, 0.717) is 5.95 Å². The molecule has 1 aromatic carbocycles. The Hall–Kier alpha value is -2.21. The van der Waals surface area contributed by atoms with Gasteiger partial charge in [-0.2, -0.15) is 0 Å². The summed E-state index contributed by atoms with van der Waals surface area (Å²) in [5, 5.41) is 7.09. The highest BCUT2D eigenvalue weighted by atomic mass is 79.9. The largest absolute Gasteiger partial charge is 0.373 e. The molecule has 0 radical (unpaired) electrons. The smallest absolute Gasteiger partial charge is 0.227 e. The van der Waals surface area contributed by atoms with E-state index in [0.717, 1.165) is 26.9 Å². The Morgan fingerprint density at radius 1 is 1.10 bits per heavy atom. The highest BCUT2D eigenvalue weighted by Gasteiger charge is 2.02. The quantitative estimate of drug-likeness (QED) is 0.769. The maximum absolute atomic E-state index is 4.49. The second kappa shape index (κ2) is 5.42. The lowest BCUT2D eigenvalue weighted by Crippen LogP contribution is -1.98. The van der Waals surface area contributed by atoms with Gasteiger partial charge in [0.25, 0.3) is 0 Å². The van der Waals surface area contributed by atoms with E-state index in [2.05, 4.69) is 41.5 Å². The molecule has 6 heteroatoms. The van der Waals surface area contributed by atoms with Crippen molar-refractivity contribution in [2.45, 2.75) is 0 Å². The average Bonchev–Trinajstić information content (AvgIpc) is 2.46. The molecule has 0 bridgehead atoms. The third-order valence-corrected chi connectivity index (χ3v) is 3.29. The minimum absolute atomic E-state index is 0.559. The number of benzene rings is 1. The maximum Gasteiger partial charge on any atom is 0.227 e. The number of anilines is 3. The molecule has 0 aliphatic heterocycles. The van der Waals surface area contributed by atoms with Crippen molar-refractivity contribution >= 4 is 44.3 Å². The lowest BCUT2D eigenvalue weighted by atomic mass is 10.3. The molecule has 0 saturated carbocycles. The third kappa shape index (κ3) is 2.70. The zero-order chi connectivity index (χ0) is 13.9. The molecule has 0 atom stereocenters. The van der Waals surface area contributed by atoms with Crippen LogP contribution in [-0.4, -0.2) is 22.0 Å². The number of rotatable bonds is 3. The summed E-state index contributed by atoms with van der Waals surface area (Å²) in [6, 6.07) is 9.75. The molecule has 0 saturated heterocycles. The van der Waals surface area contributed by atoms with Crippen molar-refractivity contribution in [1.29, 1.82) is 0 Å². The first-order valence-electron chi connectivity index (χ1n) is 6.08. The first kappa shape index (κ1) is 12.8. The molecule has 0 aliphatic rings. The van der Waals surface area contributed by atoms with Crippen molar-refractivity contribution in [1.82, 2.24) is 15.0 Å². The summed E-state index contributed by atoms with van der Waals surface area (Å²) >= 11 is 3.44. The predicted octanol–water partition coefficient (Wildman–Crippen LogP) is 3.57. The van der Waals surface area contributed by atoms with Crippen LogP contribution in [0, 0.1) is 0 Å². The number of hydrogen-bond acceptors (Lipinski definition) is 5. The Balaban J connectivity index is 1.95. The molecule has 3 aromatic rings. The van der Waals surface area contributed by atoms with Gasteiger partial charge in [0, 0.05) is 41.1 Å². The van der Waals surface area contributed by atoms with Crippen LogP contribution in [-0.2, 0) is 0 Å². The number of hydrogen-bond donors (Lipinski definition) is 2. The van der Waals surface area contributed by atoms with Crippen LogP contribution in [0.2, 0.25) is 0 Å². The molecule has 0 aliphatic carbocycles. The molecule has 20 heavy (non-hydrogen) atoms. The lowest BCUT2D eigenvalue weighted by Gasteiger charge is -2.06. The fraction of sp³-hybridized carbons (Fsp3) is 0.0714. The normalized spacial score (nSPS) is 10.5. The molecule has 0 amide bonds. The standard InChI is InChI=1S/C14H12BrN5/c1-16-13-6-12-9(7-17-13)8-18-14(20-12)19-11-4-2-3-10(15)5-11/h2-8H,1H3,(H,16,17)(H,18,19,20). The van der Waals surface area contributed by atoms with Crippen molar-refractivity contribution < 1.29 is 0 Å². The van der Waals surface area contributed by atoms with Gasteiger partial charge in [0.1, 0.15) is 5.82 Å². The number of halogens is 1. The number of nitrogens with zero attached hydrogens (tertiary/aromatic N) is 3. The van der Waals surface area contributed by atoms with Gasteiger partial charge < -0.3 is 10.6 Å². The molecule has 0 spiro atoms. The van der Waals surface area contributed by atoms with Crippen LogP contribution >= 0.6 is 15.9 Å². The van der Waals surface area contributed by atoms with E-state index in [1.807, 2.05) is 37.4 Å². The van der Waals surface area contributed by atoms with Gasteiger partial charge in [-0.3, -0.25) is 0 Å². The zero-order valence-electron chi connectivity index (χ0n) is 10.8.